The summed E-state index contributed by atoms with van der Waals surface area (Å²) in [7, 11) is 0. The maximum Gasteiger partial charge on any atom is 0.314 e. The van der Waals surface area contributed by atoms with Gasteiger partial charge < -0.3 is 4.74 Å². The summed E-state index contributed by atoms with van der Waals surface area (Å²) >= 11 is 5.91. The van der Waals surface area contributed by atoms with Crippen molar-refractivity contribution in [3.63, 3.8) is 0 Å². The van der Waals surface area contributed by atoms with E-state index in [4.69, 9.17) is 16.3 Å². The van der Waals surface area contributed by atoms with Gasteiger partial charge in [0.2, 0.25) is 0 Å². The molecule has 1 aromatic rings. The van der Waals surface area contributed by atoms with Gasteiger partial charge in [-0.1, -0.05) is 44.2 Å². The van der Waals surface area contributed by atoms with E-state index in [1.54, 1.807) is 12.1 Å². The van der Waals surface area contributed by atoms with E-state index in [-0.39, 0.29) is 11.9 Å². The van der Waals surface area contributed by atoms with Gasteiger partial charge in [0.05, 0.1) is 11.5 Å². The van der Waals surface area contributed by atoms with Gasteiger partial charge >= 0.3 is 5.97 Å². The molecule has 0 aliphatic heterocycles. The maximum absolute atomic E-state index is 12.6. The molecule has 0 saturated heterocycles. The van der Waals surface area contributed by atoms with Gasteiger partial charge in [-0.15, -0.1) is 0 Å². The van der Waals surface area contributed by atoms with E-state index in [2.05, 4.69) is 6.92 Å². The van der Waals surface area contributed by atoms with Crippen molar-refractivity contribution < 1.29 is 9.53 Å². The Morgan fingerprint density at radius 2 is 1.74 bits per heavy atom. The Labute approximate surface area is 168 Å². The fourth-order valence-electron chi connectivity index (χ4n) is 5.05. The Kier molecular flexibility index (Phi) is 7.19. The highest BCUT2D eigenvalue weighted by Crippen LogP contribution is 2.42. The number of nitriles is 1. The number of carbonyl (C=O) groups excluding carboxylic acids is 1. The standard InChI is InChI=1S/C23H30ClNO2/c1-2-3-16-4-6-17(7-5-16)18-8-10-19(11-9-18)23(26)27-22-13-12-21(24)14-20(22)15-25/h12-14,16-19H,2-11H2,1H3. The van der Waals surface area contributed by atoms with Crippen LogP contribution in [0.5, 0.6) is 5.75 Å². The smallest absolute Gasteiger partial charge is 0.314 e. The second-order valence-electron chi connectivity index (χ2n) is 8.35. The number of benzene rings is 1. The summed E-state index contributed by atoms with van der Waals surface area (Å²) in [6, 6.07) is 6.84. The molecule has 2 fully saturated rings. The molecule has 0 bridgehead atoms. The second kappa shape index (κ2) is 9.60. The lowest BCUT2D eigenvalue weighted by molar-refractivity contribution is -0.140. The molecule has 0 heterocycles. The van der Waals surface area contributed by atoms with Crippen molar-refractivity contribution in [3.05, 3.63) is 28.8 Å². The lowest BCUT2D eigenvalue weighted by atomic mass is 9.69. The van der Waals surface area contributed by atoms with Gasteiger partial charge in [0.15, 0.2) is 0 Å². The van der Waals surface area contributed by atoms with E-state index in [0.717, 1.165) is 43.4 Å². The lowest BCUT2D eigenvalue weighted by Crippen LogP contribution is -2.30. The summed E-state index contributed by atoms with van der Waals surface area (Å²) in [4.78, 5) is 12.6. The van der Waals surface area contributed by atoms with Crippen molar-refractivity contribution in [2.75, 3.05) is 0 Å². The monoisotopic (exact) mass is 387 g/mol. The molecule has 0 aromatic heterocycles. The van der Waals surface area contributed by atoms with Crippen molar-refractivity contribution in [2.24, 2.45) is 23.7 Å². The third-order valence-corrected chi connectivity index (χ3v) is 6.87. The van der Waals surface area contributed by atoms with E-state index < -0.39 is 0 Å². The molecule has 2 aliphatic carbocycles. The van der Waals surface area contributed by atoms with Crippen LogP contribution in [0.25, 0.3) is 0 Å². The minimum atomic E-state index is -0.195. The Balaban J connectivity index is 1.48. The molecule has 3 nitrogen and oxygen atoms in total. The summed E-state index contributed by atoms with van der Waals surface area (Å²) in [6.45, 7) is 2.29. The topological polar surface area (TPSA) is 50.1 Å². The molecule has 4 heteroatoms. The highest BCUT2D eigenvalue weighted by molar-refractivity contribution is 6.30. The second-order valence-corrected chi connectivity index (χ2v) is 8.79. The first-order chi connectivity index (χ1) is 13.1. The normalized spacial score (nSPS) is 28.3. The van der Waals surface area contributed by atoms with Crippen LogP contribution in [-0.4, -0.2) is 5.97 Å². The highest BCUT2D eigenvalue weighted by Gasteiger charge is 2.33. The SMILES string of the molecule is CCCC1CCC(C2CCC(C(=O)Oc3ccc(Cl)cc3C#N)CC2)CC1. The summed E-state index contributed by atoms with van der Waals surface area (Å²) in [6.07, 6.45) is 12.3. The van der Waals surface area contributed by atoms with Crippen LogP contribution in [0.3, 0.4) is 0 Å². The Morgan fingerprint density at radius 3 is 2.33 bits per heavy atom. The largest absolute Gasteiger partial charge is 0.425 e. The van der Waals surface area contributed by atoms with Crippen molar-refractivity contribution in [1.29, 1.82) is 5.26 Å². The van der Waals surface area contributed by atoms with Gasteiger partial charge in [0.1, 0.15) is 11.8 Å². The molecule has 3 rings (SSSR count). The van der Waals surface area contributed by atoms with Crippen LogP contribution >= 0.6 is 11.6 Å². The van der Waals surface area contributed by atoms with Crippen LogP contribution in [0.15, 0.2) is 18.2 Å². The number of nitrogens with zero attached hydrogens (tertiary/aromatic N) is 1. The summed E-state index contributed by atoms with van der Waals surface area (Å²) in [5.74, 6) is 2.67. The third kappa shape index (κ3) is 5.26. The van der Waals surface area contributed by atoms with Crippen LogP contribution in [0.4, 0.5) is 0 Å². The number of hydrogen-bond donors (Lipinski definition) is 0. The maximum atomic E-state index is 12.6. The van der Waals surface area contributed by atoms with E-state index in [0.29, 0.717) is 16.3 Å². The zero-order valence-electron chi connectivity index (χ0n) is 16.3. The summed E-state index contributed by atoms with van der Waals surface area (Å²) < 4.78 is 5.53. The van der Waals surface area contributed by atoms with Crippen LogP contribution < -0.4 is 4.74 Å². The molecule has 146 valence electrons. The fourth-order valence-corrected chi connectivity index (χ4v) is 5.23. The fraction of sp³-hybridized carbons (Fsp3) is 0.652. The molecule has 0 atom stereocenters. The van der Waals surface area contributed by atoms with E-state index in [1.807, 2.05) is 6.07 Å². The summed E-state index contributed by atoms with van der Waals surface area (Å²) in [5, 5.41) is 9.67. The van der Waals surface area contributed by atoms with E-state index in [9.17, 15) is 10.1 Å². The molecule has 2 saturated carbocycles. The minimum Gasteiger partial charge on any atom is -0.425 e. The van der Waals surface area contributed by atoms with Crippen molar-refractivity contribution in [3.8, 4) is 11.8 Å². The molecule has 2 aliphatic rings. The Hall–Kier alpha value is -1.53. The number of ether oxygens (including phenoxy) is 1. The molecule has 0 unspecified atom stereocenters. The zero-order chi connectivity index (χ0) is 19.2. The first kappa shape index (κ1) is 20.2. The Morgan fingerprint density at radius 1 is 1.11 bits per heavy atom. The predicted octanol–water partition coefficient (Wildman–Crippen LogP) is 6.53. The van der Waals surface area contributed by atoms with Gasteiger partial charge in [-0.05, 0) is 74.5 Å². The zero-order valence-corrected chi connectivity index (χ0v) is 17.0. The number of hydrogen-bond acceptors (Lipinski definition) is 3. The molecule has 0 N–H and O–H groups in total. The number of carbonyl (C=O) groups is 1. The Bertz CT molecular complexity index is 680. The number of halogens is 1. The molecule has 0 radical (unpaired) electrons. The van der Waals surface area contributed by atoms with Gasteiger partial charge in [0.25, 0.3) is 0 Å². The average Bonchev–Trinajstić information content (AvgIpc) is 2.70. The summed E-state index contributed by atoms with van der Waals surface area (Å²) in [5.41, 5.74) is 0.313. The predicted molar refractivity (Wildman–Crippen MR) is 108 cm³/mol. The van der Waals surface area contributed by atoms with Crippen molar-refractivity contribution in [2.45, 2.75) is 71.1 Å². The quantitative estimate of drug-likeness (QED) is 0.426. The van der Waals surface area contributed by atoms with Crippen molar-refractivity contribution in [1.82, 2.24) is 0 Å². The molecule has 0 amide bonds. The molecular weight excluding hydrogens is 358 g/mol. The van der Waals surface area contributed by atoms with Gasteiger partial charge in [-0.3, -0.25) is 4.79 Å². The lowest BCUT2D eigenvalue weighted by Gasteiger charge is -2.37. The van der Waals surface area contributed by atoms with Crippen molar-refractivity contribution >= 4 is 17.6 Å². The minimum absolute atomic E-state index is 0.0418. The van der Waals surface area contributed by atoms with Gasteiger partial charge in [-0.25, -0.2) is 0 Å². The molecule has 1 aromatic carbocycles. The van der Waals surface area contributed by atoms with Gasteiger partial charge in [-0.2, -0.15) is 5.26 Å². The van der Waals surface area contributed by atoms with Gasteiger partial charge in [0, 0.05) is 5.02 Å². The molecule has 27 heavy (non-hydrogen) atoms. The highest BCUT2D eigenvalue weighted by atomic mass is 35.5. The van der Waals surface area contributed by atoms with Crippen LogP contribution in [0.1, 0.15) is 76.7 Å². The first-order valence-electron chi connectivity index (χ1n) is 10.5. The average molecular weight is 388 g/mol. The number of esters is 1. The van der Waals surface area contributed by atoms with Crippen LogP contribution in [0.2, 0.25) is 5.02 Å². The van der Waals surface area contributed by atoms with E-state index in [1.165, 1.54) is 44.6 Å². The number of rotatable bonds is 5. The van der Waals surface area contributed by atoms with E-state index >= 15 is 0 Å². The molecular formula is C23H30ClNO2. The van der Waals surface area contributed by atoms with Crippen LogP contribution in [0, 0.1) is 35.0 Å². The van der Waals surface area contributed by atoms with Crippen LogP contribution in [-0.2, 0) is 4.79 Å². The first-order valence-corrected chi connectivity index (χ1v) is 10.9. The third-order valence-electron chi connectivity index (χ3n) is 6.63. The molecule has 0 spiro atoms.